The molecule has 0 fully saturated rings. The SMILES string of the molecule is CCNC(=NCc1ccnc(N(C)C)c1)NCCc1c[nH]c2cc(F)ccc12.I. The number of H-pyrrole nitrogens is 1. The van der Waals surface area contributed by atoms with E-state index in [1.807, 2.05) is 50.3 Å². The fourth-order valence-electron chi connectivity index (χ4n) is 3.00. The van der Waals surface area contributed by atoms with E-state index in [-0.39, 0.29) is 29.8 Å². The second kappa shape index (κ2) is 11.0. The van der Waals surface area contributed by atoms with E-state index in [9.17, 15) is 4.39 Å². The van der Waals surface area contributed by atoms with Gasteiger partial charge in [-0.05, 0) is 54.8 Å². The van der Waals surface area contributed by atoms with Crippen molar-refractivity contribution < 1.29 is 4.39 Å². The molecule has 0 aliphatic heterocycles. The summed E-state index contributed by atoms with van der Waals surface area (Å²) in [4.78, 5) is 14.1. The first-order valence-electron chi connectivity index (χ1n) is 9.46. The van der Waals surface area contributed by atoms with E-state index < -0.39 is 0 Å². The Bertz CT molecular complexity index is 953. The summed E-state index contributed by atoms with van der Waals surface area (Å²) < 4.78 is 13.3. The predicted octanol–water partition coefficient (Wildman–Crippen LogP) is 3.68. The van der Waals surface area contributed by atoms with Crippen molar-refractivity contribution in [2.45, 2.75) is 19.9 Å². The van der Waals surface area contributed by atoms with E-state index >= 15 is 0 Å². The number of aliphatic imine (C=N–C) groups is 1. The molecule has 0 amide bonds. The molecule has 0 saturated heterocycles. The minimum atomic E-state index is -0.228. The zero-order valence-corrected chi connectivity index (χ0v) is 19.3. The van der Waals surface area contributed by atoms with Gasteiger partial charge in [0.15, 0.2) is 5.96 Å². The van der Waals surface area contributed by atoms with Crippen LogP contribution in [-0.2, 0) is 13.0 Å². The summed E-state index contributed by atoms with van der Waals surface area (Å²) in [5, 5.41) is 7.69. The van der Waals surface area contributed by atoms with Gasteiger partial charge in [0.25, 0.3) is 0 Å². The van der Waals surface area contributed by atoms with Crippen molar-refractivity contribution in [1.82, 2.24) is 20.6 Å². The molecular formula is C21H28FIN6. The summed E-state index contributed by atoms with van der Waals surface area (Å²) in [6, 6.07) is 8.86. The van der Waals surface area contributed by atoms with Gasteiger partial charge in [0.1, 0.15) is 11.6 Å². The second-order valence-corrected chi connectivity index (χ2v) is 6.79. The van der Waals surface area contributed by atoms with E-state index in [2.05, 4.69) is 25.6 Å². The number of anilines is 1. The lowest BCUT2D eigenvalue weighted by Gasteiger charge is -2.13. The van der Waals surface area contributed by atoms with E-state index in [1.165, 1.54) is 12.1 Å². The Morgan fingerprint density at radius 3 is 2.79 bits per heavy atom. The molecule has 2 aromatic heterocycles. The van der Waals surface area contributed by atoms with Crippen LogP contribution < -0.4 is 15.5 Å². The number of nitrogens with one attached hydrogen (secondary N) is 3. The highest BCUT2D eigenvalue weighted by molar-refractivity contribution is 14.0. The molecule has 8 heteroatoms. The molecule has 0 unspecified atom stereocenters. The summed E-state index contributed by atoms with van der Waals surface area (Å²) in [7, 11) is 3.94. The van der Waals surface area contributed by atoms with Crippen LogP contribution in [-0.4, -0.2) is 43.1 Å². The molecule has 0 atom stereocenters. The highest BCUT2D eigenvalue weighted by Gasteiger charge is 2.05. The van der Waals surface area contributed by atoms with Crippen LogP contribution in [0.1, 0.15) is 18.1 Å². The number of hydrogen-bond acceptors (Lipinski definition) is 3. The van der Waals surface area contributed by atoms with Crippen LogP contribution in [0.25, 0.3) is 10.9 Å². The quantitative estimate of drug-likeness (QED) is 0.258. The maximum atomic E-state index is 13.3. The largest absolute Gasteiger partial charge is 0.363 e. The van der Waals surface area contributed by atoms with Crippen molar-refractivity contribution in [3.05, 3.63) is 59.7 Å². The monoisotopic (exact) mass is 510 g/mol. The van der Waals surface area contributed by atoms with Crippen LogP contribution in [0, 0.1) is 5.82 Å². The minimum Gasteiger partial charge on any atom is -0.363 e. The van der Waals surface area contributed by atoms with Crippen molar-refractivity contribution in [2.75, 3.05) is 32.1 Å². The number of pyridine rings is 1. The van der Waals surface area contributed by atoms with Gasteiger partial charge in [-0.25, -0.2) is 14.4 Å². The smallest absolute Gasteiger partial charge is 0.191 e. The molecule has 0 aliphatic rings. The number of halogens is 2. The van der Waals surface area contributed by atoms with Crippen molar-refractivity contribution in [1.29, 1.82) is 0 Å². The van der Waals surface area contributed by atoms with Gasteiger partial charge in [-0.1, -0.05) is 0 Å². The van der Waals surface area contributed by atoms with E-state index in [4.69, 9.17) is 0 Å². The molecule has 3 N–H and O–H groups in total. The lowest BCUT2D eigenvalue weighted by atomic mass is 10.1. The fourth-order valence-corrected chi connectivity index (χ4v) is 3.00. The zero-order chi connectivity index (χ0) is 19.9. The third-order valence-electron chi connectivity index (χ3n) is 4.45. The number of guanidine groups is 1. The number of aromatic nitrogens is 2. The molecule has 2 heterocycles. The third kappa shape index (κ3) is 6.31. The van der Waals surface area contributed by atoms with Gasteiger partial charge >= 0.3 is 0 Å². The Balaban J connectivity index is 0.00000300. The molecule has 0 spiro atoms. The molecule has 0 bridgehead atoms. The third-order valence-corrected chi connectivity index (χ3v) is 4.45. The Hall–Kier alpha value is -2.36. The van der Waals surface area contributed by atoms with E-state index in [1.54, 1.807) is 6.20 Å². The minimum absolute atomic E-state index is 0. The van der Waals surface area contributed by atoms with Crippen LogP contribution in [0.2, 0.25) is 0 Å². The Kier molecular flexibility index (Phi) is 8.69. The topological polar surface area (TPSA) is 68.3 Å². The second-order valence-electron chi connectivity index (χ2n) is 6.79. The molecule has 1 aromatic carbocycles. The number of rotatable bonds is 7. The summed E-state index contributed by atoms with van der Waals surface area (Å²) in [5.74, 6) is 1.46. The van der Waals surface area contributed by atoms with Crippen molar-refractivity contribution in [3.63, 3.8) is 0 Å². The van der Waals surface area contributed by atoms with Crippen molar-refractivity contribution in [2.24, 2.45) is 4.99 Å². The van der Waals surface area contributed by atoms with Gasteiger partial charge in [-0.3, -0.25) is 0 Å². The van der Waals surface area contributed by atoms with Crippen LogP contribution in [0.3, 0.4) is 0 Å². The maximum absolute atomic E-state index is 13.3. The average Bonchev–Trinajstić information content (AvgIpc) is 3.08. The maximum Gasteiger partial charge on any atom is 0.191 e. The van der Waals surface area contributed by atoms with Crippen LogP contribution in [0.15, 0.2) is 47.7 Å². The number of benzene rings is 1. The van der Waals surface area contributed by atoms with Gasteiger partial charge < -0.3 is 20.5 Å². The van der Waals surface area contributed by atoms with E-state index in [0.717, 1.165) is 53.3 Å². The Morgan fingerprint density at radius 1 is 1.21 bits per heavy atom. The predicted molar refractivity (Wildman–Crippen MR) is 129 cm³/mol. The van der Waals surface area contributed by atoms with Crippen molar-refractivity contribution >= 4 is 46.7 Å². The van der Waals surface area contributed by atoms with Crippen LogP contribution >= 0.6 is 24.0 Å². The number of fused-ring (bicyclic) bond motifs is 1. The molecule has 0 radical (unpaired) electrons. The number of nitrogens with zero attached hydrogens (tertiary/aromatic N) is 3. The molecule has 0 saturated carbocycles. The van der Waals surface area contributed by atoms with Gasteiger partial charge in [-0.15, -0.1) is 24.0 Å². The average molecular weight is 510 g/mol. The molecule has 0 aliphatic carbocycles. The molecule has 6 nitrogen and oxygen atoms in total. The first-order chi connectivity index (χ1) is 13.6. The van der Waals surface area contributed by atoms with Gasteiger partial charge in [0.05, 0.1) is 6.54 Å². The zero-order valence-electron chi connectivity index (χ0n) is 17.0. The van der Waals surface area contributed by atoms with Gasteiger partial charge in [0.2, 0.25) is 0 Å². The summed E-state index contributed by atoms with van der Waals surface area (Å²) in [5.41, 5.74) is 3.09. The summed E-state index contributed by atoms with van der Waals surface area (Å²) in [6.45, 7) is 4.14. The normalized spacial score (nSPS) is 11.2. The standard InChI is InChI=1S/C21H27FN6.HI/c1-4-23-21(27-13-15-7-9-24-20(11-15)28(2)3)25-10-8-16-14-26-19-12-17(22)5-6-18(16)19;/h5-7,9,11-12,14,26H,4,8,10,13H2,1-3H3,(H2,23,25,27);1H. The lowest BCUT2D eigenvalue weighted by molar-refractivity contribution is 0.629. The molecular weight excluding hydrogens is 482 g/mol. The summed E-state index contributed by atoms with van der Waals surface area (Å²) in [6.07, 6.45) is 4.56. The lowest BCUT2D eigenvalue weighted by Crippen LogP contribution is -2.38. The van der Waals surface area contributed by atoms with E-state index in [0.29, 0.717) is 6.54 Å². The first kappa shape index (κ1) is 22.9. The molecule has 3 aromatic rings. The molecule has 29 heavy (non-hydrogen) atoms. The van der Waals surface area contributed by atoms with Crippen molar-refractivity contribution in [3.8, 4) is 0 Å². The summed E-state index contributed by atoms with van der Waals surface area (Å²) >= 11 is 0. The van der Waals surface area contributed by atoms with Crippen LogP contribution in [0.5, 0.6) is 0 Å². The van der Waals surface area contributed by atoms with Crippen LogP contribution in [0.4, 0.5) is 10.2 Å². The Morgan fingerprint density at radius 2 is 2.03 bits per heavy atom. The highest BCUT2D eigenvalue weighted by Crippen LogP contribution is 2.19. The first-order valence-corrected chi connectivity index (χ1v) is 9.46. The number of aromatic amines is 1. The fraction of sp³-hybridized carbons (Fsp3) is 0.333. The Labute approximate surface area is 188 Å². The highest BCUT2D eigenvalue weighted by atomic mass is 127. The molecule has 156 valence electrons. The van der Waals surface area contributed by atoms with Gasteiger partial charge in [0, 0.05) is 50.5 Å². The number of hydrogen-bond donors (Lipinski definition) is 3. The molecule has 3 rings (SSSR count). The van der Waals surface area contributed by atoms with Gasteiger partial charge in [-0.2, -0.15) is 0 Å².